The Morgan fingerprint density at radius 2 is 2.21 bits per heavy atom. The first-order valence-corrected chi connectivity index (χ1v) is 7.23. The molecule has 0 aromatic heterocycles. The molecule has 3 rings (SSSR count). The van der Waals surface area contributed by atoms with Crippen LogP contribution in [-0.4, -0.2) is 13.7 Å². The molecule has 1 N–H and O–H groups in total. The first-order valence-electron chi connectivity index (χ1n) is 6.43. The van der Waals surface area contributed by atoms with Crippen LogP contribution in [0.3, 0.4) is 0 Å². The molecule has 0 aliphatic carbocycles. The fourth-order valence-electron chi connectivity index (χ4n) is 2.59. The maximum absolute atomic E-state index is 5.92. The Kier molecular flexibility index (Phi) is 3.73. The molecule has 4 heteroatoms. The van der Waals surface area contributed by atoms with Crippen LogP contribution in [0.4, 0.5) is 0 Å². The molecule has 19 heavy (non-hydrogen) atoms. The van der Waals surface area contributed by atoms with Crippen molar-refractivity contribution in [3.8, 4) is 5.75 Å². The minimum Gasteiger partial charge on any atom is -0.492 e. The summed E-state index contributed by atoms with van der Waals surface area (Å²) in [4.78, 5) is 5.12. The van der Waals surface area contributed by atoms with Gasteiger partial charge in [-0.15, -0.1) is 0 Å². The molecule has 1 aliphatic rings. The summed E-state index contributed by atoms with van der Waals surface area (Å²) in [7, 11) is 1.65. The van der Waals surface area contributed by atoms with Gasteiger partial charge >= 0.3 is 0 Å². The third-order valence-corrected chi connectivity index (χ3v) is 4.28. The predicted octanol–water partition coefficient (Wildman–Crippen LogP) is 3.97. The van der Waals surface area contributed by atoms with Gasteiger partial charge in [0, 0.05) is 5.56 Å². The molecule has 1 atom stereocenters. The molecule has 0 spiro atoms. The number of hydrogen-bond acceptors (Lipinski definition) is 3. The Morgan fingerprint density at radius 3 is 3.05 bits per heavy atom. The summed E-state index contributed by atoms with van der Waals surface area (Å²) in [5.41, 5.74) is 4.23. The van der Waals surface area contributed by atoms with Gasteiger partial charge in [-0.1, -0.05) is 24.3 Å². The summed E-state index contributed by atoms with van der Waals surface area (Å²) in [5.74, 6) is 0.936. The summed E-state index contributed by atoms with van der Waals surface area (Å²) in [6.07, 6.45) is 2.02. The van der Waals surface area contributed by atoms with Gasteiger partial charge in [-0.3, -0.25) is 0 Å². The van der Waals surface area contributed by atoms with Crippen LogP contribution in [0.15, 0.2) is 34.8 Å². The minimum atomic E-state index is 0.170. The quantitative estimate of drug-likeness (QED) is 0.849. The van der Waals surface area contributed by atoms with E-state index in [2.05, 4.69) is 45.7 Å². The van der Waals surface area contributed by atoms with Gasteiger partial charge in [-0.25, -0.2) is 0 Å². The number of hydrogen-bond donors (Lipinski definition) is 1. The summed E-state index contributed by atoms with van der Waals surface area (Å²) in [6, 6.07) is 10.7. The van der Waals surface area contributed by atoms with E-state index in [1.807, 2.05) is 6.07 Å². The molecule has 0 fully saturated rings. The van der Waals surface area contributed by atoms with Gasteiger partial charge in [0.15, 0.2) is 0 Å². The van der Waals surface area contributed by atoms with Gasteiger partial charge in [0.1, 0.15) is 5.75 Å². The van der Waals surface area contributed by atoms with Crippen LogP contribution >= 0.6 is 15.9 Å². The zero-order chi connectivity index (χ0) is 13.2. The molecule has 100 valence electrons. The molecule has 0 bridgehead atoms. The monoisotopic (exact) mass is 321 g/mol. The average molecular weight is 322 g/mol. The fraction of sp³-hybridized carbons (Fsp3) is 0.333. The minimum absolute atomic E-state index is 0.170. The van der Waals surface area contributed by atoms with E-state index in [0.29, 0.717) is 0 Å². The maximum atomic E-state index is 5.92. The second-order valence-electron chi connectivity index (χ2n) is 4.70. The van der Waals surface area contributed by atoms with Gasteiger partial charge < -0.3 is 9.57 Å². The Labute approximate surface area is 121 Å². The van der Waals surface area contributed by atoms with E-state index < -0.39 is 0 Å². The van der Waals surface area contributed by atoms with Crippen LogP contribution in [0.2, 0.25) is 0 Å². The normalized spacial score (nSPS) is 18.7. The van der Waals surface area contributed by atoms with Crippen molar-refractivity contribution in [2.45, 2.75) is 18.9 Å². The third-order valence-electron chi connectivity index (χ3n) is 3.49. The first-order chi connectivity index (χ1) is 9.31. The number of rotatable bonds is 2. The largest absolute Gasteiger partial charge is 0.492 e. The van der Waals surface area contributed by atoms with Crippen molar-refractivity contribution in [1.82, 2.24) is 5.48 Å². The van der Waals surface area contributed by atoms with Crippen LogP contribution in [0.25, 0.3) is 10.8 Å². The number of nitrogens with one attached hydrogen (secondary N) is 1. The van der Waals surface area contributed by atoms with E-state index in [1.165, 1.54) is 10.8 Å². The van der Waals surface area contributed by atoms with E-state index in [4.69, 9.17) is 9.57 Å². The highest BCUT2D eigenvalue weighted by molar-refractivity contribution is 9.10. The molecule has 1 heterocycles. The topological polar surface area (TPSA) is 30.5 Å². The molecule has 0 saturated heterocycles. The van der Waals surface area contributed by atoms with Crippen LogP contribution in [0.1, 0.15) is 24.4 Å². The Hall–Kier alpha value is -1.10. The molecule has 1 aliphatic heterocycles. The lowest BCUT2D eigenvalue weighted by Crippen LogP contribution is -2.19. The van der Waals surface area contributed by atoms with Crippen LogP contribution in [-0.2, 0) is 4.84 Å². The van der Waals surface area contributed by atoms with Crippen molar-refractivity contribution >= 4 is 26.7 Å². The zero-order valence-electron chi connectivity index (χ0n) is 10.8. The van der Waals surface area contributed by atoms with Crippen molar-refractivity contribution in [3.05, 3.63) is 40.4 Å². The smallest absolute Gasteiger partial charge is 0.138 e. The predicted molar refractivity (Wildman–Crippen MR) is 79.3 cm³/mol. The highest BCUT2D eigenvalue weighted by atomic mass is 79.9. The lowest BCUT2D eigenvalue weighted by atomic mass is 9.99. The van der Waals surface area contributed by atoms with Crippen LogP contribution < -0.4 is 10.2 Å². The molecule has 0 amide bonds. The molecule has 2 aromatic carbocycles. The highest BCUT2D eigenvalue weighted by Gasteiger charge is 2.23. The number of fused-ring (bicyclic) bond motifs is 2. The van der Waals surface area contributed by atoms with Gasteiger partial charge in [0.2, 0.25) is 0 Å². The summed E-state index contributed by atoms with van der Waals surface area (Å²) in [5, 5.41) is 2.39. The number of halogens is 1. The van der Waals surface area contributed by atoms with Crippen molar-refractivity contribution in [2.75, 3.05) is 13.7 Å². The van der Waals surface area contributed by atoms with Crippen molar-refractivity contribution < 1.29 is 9.57 Å². The van der Waals surface area contributed by atoms with Gasteiger partial charge in [0.05, 0.1) is 24.2 Å². The van der Waals surface area contributed by atoms with Crippen molar-refractivity contribution in [1.29, 1.82) is 0 Å². The Morgan fingerprint density at radius 1 is 1.37 bits per heavy atom. The molecule has 2 aromatic rings. The zero-order valence-corrected chi connectivity index (χ0v) is 12.4. The highest BCUT2D eigenvalue weighted by Crippen LogP contribution is 2.41. The molecular formula is C15H16BrNO2. The van der Waals surface area contributed by atoms with Crippen LogP contribution in [0, 0.1) is 0 Å². The van der Waals surface area contributed by atoms with Gasteiger partial charge in [-0.05, 0) is 45.6 Å². The van der Waals surface area contributed by atoms with E-state index in [-0.39, 0.29) is 6.04 Å². The summed E-state index contributed by atoms with van der Waals surface area (Å²) >= 11 is 3.69. The number of hydroxylamine groups is 1. The Balaban J connectivity index is 2.21. The maximum Gasteiger partial charge on any atom is 0.138 e. The third kappa shape index (κ3) is 2.36. The van der Waals surface area contributed by atoms with Crippen molar-refractivity contribution in [3.63, 3.8) is 0 Å². The molecule has 0 radical (unpaired) electrons. The molecule has 1 unspecified atom stereocenters. The fourth-order valence-corrected chi connectivity index (χ4v) is 3.30. The van der Waals surface area contributed by atoms with E-state index >= 15 is 0 Å². The van der Waals surface area contributed by atoms with E-state index in [9.17, 15) is 0 Å². The lowest BCUT2D eigenvalue weighted by Gasteiger charge is -2.19. The van der Waals surface area contributed by atoms with Gasteiger partial charge in [0.25, 0.3) is 0 Å². The van der Waals surface area contributed by atoms with E-state index in [1.54, 1.807) is 7.11 Å². The standard InChI is InChI=1S/C15H16BrNO2/c1-18-17-13-7-4-8-19-15-12(13)9-10-5-2-3-6-11(10)14(15)16/h2-3,5-6,9,13,17H,4,7-8H2,1H3. The first kappa shape index (κ1) is 12.9. The molecule has 0 saturated carbocycles. The SMILES string of the molecule is CONC1CCCOc2c1cc1ccccc1c2Br. The second kappa shape index (κ2) is 5.49. The summed E-state index contributed by atoms with van der Waals surface area (Å²) in [6.45, 7) is 0.742. The average Bonchev–Trinajstić information content (AvgIpc) is 2.63. The van der Waals surface area contributed by atoms with Gasteiger partial charge in [-0.2, -0.15) is 5.48 Å². The Bertz CT molecular complexity index is 600. The second-order valence-corrected chi connectivity index (χ2v) is 5.49. The number of ether oxygens (including phenoxy) is 1. The van der Waals surface area contributed by atoms with Crippen LogP contribution in [0.5, 0.6) is 5.75 Å². The van der Waals surface area contributed by atoms with Crippen molar-refractivity contribution in [2.24, 2.45) is 0 Å². The summed E-state index contributed by atoms with van der Waals surface area (Å²) < 4.78 is 6.95. The molecule has 3 nitrogen and oxygen atoms in total. The lowest BCUT2D eigenvalue weighted by molar-refractivity contribution is 0.0580. The molecular weight excluding hydrogens is 306 g/mol. The van der Waals surface area contributed by atoms with E-state index in [0.717, 1.165) is 35.2 Å². The number of benzene rings is 2.